The topological polar surface area (TPSA) is 29.3 Å². The minimum absolute atomic E-state index is 0.250. The van der Waals surface area contributed by atoms with E-state index in [1.165, 1.54) is 24.3 Å². The summed E-state index contributed by atoms with van der Waals surface area (Å²) in [5, 5.41) is 0. The van der Waals surface area contributed by atoms with Gasteiger partial charge in [-0.2, -0.15) is 0 Å². The first-order valence-corrected chi connectivity index (χ1v) is 6.88. The van der Waals surface area contributed by atoms with Gasteiger partial charge in [-0.3, -0.25) is 0 Å². The maximum absolute atomic E-state index is 13.0. The fraction of sp³-hybridized carbons (Fsp3) is 0.294. The van der Waals surface area contributed by atoms with E-state index in [-0.39, 0.29) is 17.2 Å². The number of nitrogens with two attached hydrogens (primary N) is 1. The lowest BCUT2D eigenvalue weighted by Gasteiger charge is -2.40. The summed E-state index contributed by atoms with van der Waals surface area (Å²) in [7, 11) is 1.93. The van der Waals surface area contributed by atoms with E-state index in [2.05, 4.69) is 0 Å². The summed E-state index contributed by atoms with van der Waals surface area (Å²) in [6, 6.07) is 12.8. The van der Waals surface area contributed by atoms with E-state index in [1.807, 2.05) is 18.9 Å². The quantitative estimate of drug-likeness (QED) is 0.915. The van der Waals surface area contributed by atoms with Gasteiger partial charge in [0.15, 0.2) is 0 Å². The molecular weight excluding hydrogens is 270 g/mol. The van der Waals surface area contributed by atoms with Crippen LogP contribution in [0.25, 0.3) is 0 Å². The molecule has 1 atom stereocenters. The Morgan fingerprint density at radius 3 is 1.90 bits per heavy atom. The van der Waals surface area contributed by atoms with Crippen LogP contribution in [-0.4, -0.2) is 19.1 Å². The van der Waals surface area contributed by atoms with Crippen molar-refractivity contribution in [2.24, 2.45) is 5.73 Å². The Morgan fingerprint density at radius 2 is 1.43 bits per heavy atom. The standard InChI is InChI=1S/C17H20F2N2/c1-17(12-20,11-13-3-5-14(18)6-4-13)21(2)16-9-7-15(19)8-10-16/h3-10H,11-12,20H2,1-2H3. The Kier molecular flexibility index (Phi) is 4.58. The first kappa shape index (κ1) is 15.4. The lowest BCUT2D eigenvalue weighted by atomic mass is 9.90. The van der Waals surface area contributed by atoms with Crippen molar-refractivity contribution < 1.29 is 8.78 Å². The van der Waals surface area contributed by atoms with Gasteiger partial charge in [0, 0.05) is 19.3 Å². The van der Waals surface area contributed by atoms with Crippen molar-refractivity contribution in [1.29, 1.82) is 0 Å². The van der Waals surface area contributed by atoms with Crippen LogP contribution < -0.4 is 10.6 Å². The molecule has 2 aromatic carbocycles. The highest BCUT2D eigenvalue weighted by molar-refractivity contribution is 5.48. The summed E-state index contributed by atoms with van der Waals surface area (Å²) in [5.41, 5.74) is 7.53. The fourth-order valence-corrected chi connectivity index (χ4v) is 2.35. The van der Waals surface area contributed by atoms with Gasteiger partial charge in [0.1, 0.15) is 11.6 Å². The molecule has 2 aromatic rings. The van der Waals surface area contributed by atoms with E-state index >= 15 is 0 Å². The molecular formula is C17H20F2N2. The van der Waals surface area contributed by atoms with E-state index in [9.17, 15) is 8.78 Å². The summed E-state index contributed by atoms with van der Waals surface area (Å²) < 4.78 is 26.0. The third-order valence-electron chi connectivity index (χ3n) is 3.96. The number of anilines is 1. The average molecular weight is 290 g/mol. The molecule has 2 N–H and O–H groups in total. The van der Waals surface area contributed by atoms with E-state index in [4.69, 9.17) is 5.73 Å². The minimum atomic E-state index is -0.338. The van der Waals surface area contributed by atoms with Crippen LogP contribution in [0.4, 0.5) is 14.5 Å². The van der Waals surface area contributed by atoms with Gasteiger partial charge in [-0.1, -0.05) is 12.1 Å². The molecule has 2 rings (SSSR count). The lowest BCUT2D eigenvalue weighted by molar-refractivity contribution is 0.449. The SMILES string of the molecule is CN(c1ccc(F)cc1)C(C)(CN)Cc1ccc(F)cc1. The Hall–Kier alpha value is -1.94. The average Bonchev–Trinajstić information content (AvgIpc) is 2.49. The first-order valence-electron chi connectivity index (χ1n) is 6.88. The largest absolute Gasteiger partial charge is 0.368 e. The molecule has 0 aliphatic rings. The maximum atomic E-state index is 13.0. The highest BCUT2D eigenvalue weighted by Crippen LogP contribution is 2.25. The smallest absolute Gasteiger partial charge is 0.123 e. The van der Waals surface area contributed by atoms with Gasteiger partial charge in [-0.05, 0) is 55.3 Å². The summed E-state index contributed by atoms with van der Waals surface area (Å²) in [5.74, 6) is -0.514. The Labute approximate surface area is 124 Å². The van der Waals surface area contributed by atoms with Crippen molar-refractivity contribution >= 4 is 5.69 Å². The van der Waals surface area contributed by atoms with Gasteiger partial charge in [0.25, 0.3) is 0 Å². The third-order valence-corrected chi connectivity index (χ3v) is 3.96. The molecule has 0 saturated heterocycles. The van der Waals surface area contributed by atoms with Crippen molar-refractivity contribution in [2.75, 3.05) is 18.5 Å². The molecule has 0 spiro atoms. The number of likely N-dealkylation sites (N-methyl/N-ethyl adjacent to an activating group) is 1. The predicted octanol–water partition coefficient (Wildman–Crippen LogP) is 3.36. The lowest BCUT2D eigenvalue weighted by Crippen LogP contribution is -2.51. The molecule has 0 amide bonds. The minimum Gasteiger partial charge on any atom is -0.368 e. The molecule has 0 aliphatic heterocycles. The molecule has 0 saturated carbocycles. The summed E-state index contributed by atoms with van der Waals surface area (Å²) >= 11 is 0. The van der Waals surface area contributed by atoms with Crippen LogP contribution in [0.15, 0.2) is 48.5 Å². The van der Waals surface area contributed by atoms with Gasteiger partial charge in [-0.15, -0.1) is 0 Å². The van der Waals surface area contributed by atoms with Crippen molar-refractivity contribution in [3.05, 3.63) is 65.7 Å². The van der Waals surface area contributed by atoms with Crippen LogP contribution >= 0.6 is 0 Å². The van der Waals surface area contributed by atoms with Gasteiger partial charge in [-0.25, -0.2) is 8.78 Å². The van der Waals surface area contributed by atoms with Crippen LogP contribution in [0.1, 0.15) is 12.5 Å². The van der Waals surface area contributed by atoms with E-state index < -0.39 is 0 Å². The second-order valence-electron chi connectivity index (χ2n) is 5.54. The van der Waals surface area contributed by atoms with Crippen molar-refractivity contribution in [3.63, 3.8) is 0 Å². The summed E-state index contributed by atoms with van der Waals surface area (Å²) in [6.45, 7) is 2.47. The van der Waals surface area contributed by atoms with Crippen LogP contribution in [0.3, 0.4) is 0 Å². The third kappa shape index (κ3) is 3.58. The molecule has 0 aromatic heterocycles. The van der Waals surface area contributed by atoms with Crippen molar-refractivity contribution in [2.45, 2.75) is 18.9 Å². The predicted molar refractivity (Wildman–Crippen MR) is 82.4 cm³/mol. The van der Waals surface area contributed by atoms with Gasteiger partial charge >= 0.3 is 0 Å². The Balaban J connectivity index is 2.23. The molecule has 0 fully saturated rings. The molecule has 1 unspecified atom stereocenters. The number of hydrogen-bond donors (Lipinski definition) is 1. The van der Waals surface area contributed by atoms with Gasteiger partial charge < -0.3 is 10.6 Å². The number of nitrogens with zero attached hydrogens (tertiary/aromatic N) is 1. The zero-order valence-corrected chi connectivity index (χ0v) is 12.3. The molecule has 112 valence electrons. The first-order chi connectivity index (χ1) is 9.94. The number of rotatable bonds is 5. The molecule has 0 heterocycles. The van der Waals surface area contributed by atoms with E-state index in [0.717, 1.165) is 11.3 Å². The molecule has 21 heavy (non-hydrogen) atoms. The van der Waals surface area contributed by atoms with Crippen LogP contribution in [0.2, 0.25) is 0 Å². The van der Waals surface area contributed by atoms with Crippen LogP contribution in [-0.2, 0) is 6.42 Å². The van der Waals surface area contributed by atoms with Gasteiger partial charge in [0.2, 0.25) is 0 Å². The monoisotopic (exact) mass is 290 g/mol. The molecule has 0 radical (unpaired) electrons. The van der Waals surface area contributed by atoms with Crippen LogP contribution in [0.5, 0.6) is 0 Å². The molecule has 2 nitrogen and oxygen atoms in total. The zero-order chi connectivity index (χ0) is 15.5. The molecule has 0 aliphatic carbocycles. The maximum Gasteiger partial charge on any atom is 0.123 e. The van der Waals surface area contributed by atoms with E-state index in [1.54, 1.807) is 24.3 Å². The second kappa shape index (κ2) is 6.22. The Bertz CT molecular complexity index is 581. The molecule has 4 heteroatoms. The number of hydrogen-bond acceptors (Lipinski definition) is 2. The summed E-state index contributed by atoms with van der Waals surface area (Å²) in [4.78, 5) is 2.04. The van der Waals surface area contributed by atoms with Crippen molar-refractivity contribution in [1.82, 2.24) is 0 Å². The molecule has 0 bridgehead atoms. The number of benzene rings is 2. The van der Waals surface area contributed by atoms with Gasteiger partial charge in [0.05, 0.1) is 5.54 Å². The summed E-state index contributed by atoms with van der Waals surface area (Å²) in [6.07, 6.45) is 0.678. The Morgan fingerprint density at radius 1 is 0.952 bits per heavy atom. The number of halogens is 2. The second-order valence-corrected chi connectivity index (χ2v) is 5.54. The highest BCUT2D eigenvalue weighted by atomic mass is 19.1. The fourth-order valence-electron chi connectivity index (χ4n) is 2.35. The zero-order valence-electron chi connectivity index (χ0n) is 12.3. The normalized spacial score (nSPS) is 13.8. The van der Waals surface area contributed by atoms with Crippen molar-refractivity contribution in [3.8, 4) is 0 Å². The van der Waals surface area contributed by atoms with Crippen LogP contribution in [0, 0.1) is 11.6 Å². The van der Waals surface area contributed by atoms with E-state index in [0.29, 0.717) is 13.0 Å². The highest BCUT2D eigenvalue weighted by Gasteiger charge is 2.28.